The third-order valence-corrected chi connectivity index (χ3v) is 4.81. The van der Waals surface area contributed by atoms with Crippen LogP contribution in [0.5, 0.6) is 5.75 Å². The summed E-state index contributed by atoms with van der Waals surface area (Å²) in [5, 5.41) is 4.11. The predicted octanol–water partition coefficient (Wildman–Crippen LogP) is 4.93. The lowest BCUT2D eigenvalue weighted by Gasteiger charge is -2.11. The number of rotatable bonds is 6. The first kappa shape index (κ1) is 25.3. The van der Waals surface area contributed by atoms with Gasteiger partial charge in [0.15, 0.2) is 23.1 Å². The monoisotopic (exact) mass is 519 g/mol. The molecule has 2 heterocycles. The average Bonchev–Trinajstić information content (AvgIpc) is 3.16. The third kappa shape index (κ3) is 5.89. The van der Waals surface area contributed by atoms with Crippen molar-refractivity contribution in [1.82, 2.24) is 14.3 Å². The van der Waals surface area contributed by atoms with Gasteiger partial charge < -0.3 is 15.0 Å². The first-order valence-electron chi connectivity index (χ1n) is 10.3. The Hall–Kier alpha value is -4.81. The highest BCUT2D eigenvalue weighted by Crippen LogP contribution is 2.27. The van der Waals surface area contributed by atoms with Crippen molar-refractivity contribution in [1.29, 1.82) is 0 Å². The number of halogens is 6. The molecule has 0 atom stereocenters. The summed E-state index contributed by atoms with van der Waals surface area (Å²) in [6.07, 6.45) is 0.186. The number of aromatic nitrogens is 3. The van der Waals surface area contributed by atoms with Crippen LogP contribution < -0.4 is 15.9 Å². The van der Waals surface area contributed by atoms with E-state index in [1.54, 1.807) is 0 Å². The first-order chi connectivity index (χ1) is 17.5. The minimum absolute atomic E-state index is 0.00632. The number of nitrogens with two attached hydrogens (primary N) is 1. The lowest BCUT2D eigenvalue weighted by atomic mass is 10.2. The fraction of sp³-hybridized carbons (Fsp3) is 0.0417. The van der Waals surface area contributed by atoms with Gasteiger partial charge in [-0.25, -0.2) is 22.8 Å². The Morgan fingerprint density at radius 1 is 1.00 bits per heavy atom. The Morgan fingerprint density at radius 3 is 2.38 bits per heavy atom. The molecule has 0 saturated carbocycles. The second-order valence-electron chi connectivity index (χ2n) is 7.37. The molecule has 37 heavy (non-hydrogen) atoms. The smallest absolute Gasteiger partial charge is 0.406 e. The molecule has 0 amide bonds. The fourth-order valence-corrected chi connectivity index (χ4v) is 3.26. The second-order valence-corrected chi connectivity index (χ2v) is 7.37. The number of hydrogen-bond donors (Lipinski definition) is 1. The van der Waals surface area contributed by atoms with Crippen LogP contribution in [0, 0.1) is 17.5 Å². The van der Waals surface area contributed by atoms with E-state index < -0.39 is 35.0 Å². The normalized spacial score (nSPS) is 12.3. The molecular weight excluding hydrogens is 504 g/mol. The molecule has 0 unspecified atom stereocenters. The molecule has 0 bridgehead atoms. The molecule has 2 aromatic heterocycles. The molecule has 0 aliphatic rings. The molecule has 0 radical (unpaired) electrons. The molecule has 4 rings (SSSR count). The van der Waals surface area contributed by atoms with Crippen LogP contribution in [0.4, 0.5) is 32.0 Å². The highest BCUT2D eigenvalue weighted by Gasteiger charge is 2.31. The zero-order chi connectivity index (χ0) is 26.7. The summed E-state index contributed by atoms with van der Waals surface area (Å²) in [4.78, 5) is 16.7. The molecule has 13 heteroatoms. The number of nitrogens with zero attached hydrogens (tertiary/aromatic N) is 4. The Labute approximate surface area is 204 Å². The third-order valence-electron chi connectivity index (χ3n) is 4.81. The Bertz CT molecular complexity index is 1550. The van der Waals surface area contributed by atoms with E-state index in [1.807, 2.05) is 0 Å². The van der Waals surface area contributed by atoms with Crippen molar-refractivity contribution in [3.05, 3.63) is 113 Å². The van der Waals surface area contributed by atoms with Gasteiger partial charge in [0.1, 0.15) is 11.4 Å². The molecule has 0 saturated heterocycles. The predicted molar refractivity (Wildman–Crippen MR) is 122 cm³/mol. The number of allylic oxidation sites excluding steroid dienone is 1. The van der Waals surface area contributed by atoms with E-state index in [1.165, 1.54) is 36.5 Å². The van der Waals surface area contributed by atoms with Crippen LogP contribution in [0.3, 0.4) is 0 Å². The minimum Gasteiger partial charge on any atom is -0.406 e. The molecule has 0 aliphatic heterocycles. The van der Waals surface area contributed by atoms with Crippen LogP contribution in [0.25, 0.3) is 11.4 Å². The van der Waals surface area contributed by atoms with Gasteiger partial charge in [-0.3, -0.25) is 4.79 Å². The van der Waals surface area contributed by atoms with Crippen LogP contribution in [0.2, 0.25) is 0 Å². The van der Waals surface area contributed by atoms with Crippen LogP contribution in [0.1, 0.15) is 5.69 Å². The van der Waals surface area contributed by atoms with E-state index in [4.69, 9.17) is 5.73 Å². The van der Waals surface area contributed by atoms with Crippen molar-refractivity contribution < 1.29 is 31.1 Å². The maximum atomic E-state index is 14.9. The van der Waals surface area contributed by atoms with Gasteiger partial charge >= 0.3 is 6.36 Å². The minimum atomic E-state index is -4.92. The molecule has 0 spiro atoms. The van der Waals surface area contributed by atoms with Crippen molar-refractivity contribution in [3.63, 3.8) is 0 Å². The summed E-state index contributed by atoms with van der Waals surface area (Å²) in [5.41, 5.74) is 4.41. The summed E-state index contributed by atoms with van der Waals surface area (Å²) in [6, 6.07) is 9.42. The van der Waals surface area contributed by atoms with Crippen LogP contribution in [-0.2, 0) is 0 Å². The number of alkyl halides is 3. The Kier molecular flexibility index (Phi) is 6.87. The largest absolute Gasteiger partial charge is 0.573 e. The Morgan fingerprint density at radius 2 is 1.73 bits per heavy atom. The van der Waals surface area contributed by atoms with Gasteiger partial charge in [0.2, 0.25) is 5.43 Å². The highest BCUT2D eigenvalue weighted by molar-refractivity contribution is 6.08. The molecule has 4 aromatic rings. The molecular formula is C24H15F6N5O2. The topological polar surface area (TPSA) is 87.4 Å². The summed E-state index contributed by atoms with van der Waals surface area (Å²) in [6.45, 7) is 0. The van der Waals surface area contributed by atoms with Crippen LogP contribution in [0.15, 0.2) is 89.2 Å². The molecule has 2 N–H and O–H groups in total. The zero-order valence-corrected chi connectivity index (χ0v) is 18.5. The molecule has 7 nitrogen and oxygen atoms in total. The maximum Gasteiger partial charge on any atom is 0.573 e. The van der Waals surface area contributed by atoms with E-state index >= 15 is 0 Å². The quantitative estimate of drug-likeness (QED) is 0.289. The first-order valence-corrected chi connectivity index (χ1v) is 10.3. The van der Waals surface area contributed by atoms with Crippen LogP contribution in [-0.4, -0.2) is 26.4 Å². The molecule has 0 aliphatic carbocycles. The SMILES string of the molecule is NC=CC(=Nc1cccc(OC(F)(F)F)c1)c1nn(-c2ccc(-n3cc(F)c(F)c3)cc2F)ccc1=O. The van der Waals surface area contributed by atoms with E-state index in [0.717, 1.165) is 52.1 Å². The molecule has 2 aromatic carbocycles. The lowest BCUT2D eigenvalue weighted by Crippen LogP contribution is -2.21. The number of ether oxygens (including phenoxy) is 1. The van der Waals surface area contributed by atoms with Gasteiger partial charge in [0, 0.05) is 42.5 Å². The van der Waals surface area contributed by atoms with Gasteiger partial charge in [0.25, 0.3) is 0 Å². The Balaban J connectivity index is 1.73. The van der Waals surface area contributed by atoms with Crippen molar-refractivity contribution in [2.75, 3.05) is 0 Å². The van der Waals surface area contributed by atoms with Gasteiger partial charge in [-0.1, -0.05) is 6.07 Å². The van der Waals surface area contributed by atoms with Crippen molar-refractivity contribution >= 4 is 11.4 Å². The van der Waals surface area contributed by atoms with Gasteiger partial charge in [-0.05, 0) is 36.5 Å². The summed E-state index contributed by atoms with van der Waals surface area (Å²) < 4.78 is 85.2. The number of benzene rings is 2. The zero-order valence-electron chi connectivity index (χ0n) is 18.5. The lowest BCUT2D eigenvalue weighted by molar-refractivity contribution is -0.274. The van der Waals surface area contributed by atoms with Gasteiger partial charge in [0.05, 0.1) is 11.4 Å². The van der Waals surface area contributed by atoms with Crippen LogP contribution >= 0.6 is 0 Å². The van der Waals surface area contributed by atoms with E-state index in [0.29, 0.717) is 0 Å². The fourth-order valence-electron chi connectivity index (χ4n) is 3.26. The number of hydrogen-bond acceptors (Lipinski definition) is 5. The van der Waals surface area contributed by atoms with Gasteiger partial charge in [-0.15, -0.1) is 13.2 Å². The van der Waals surface area contributed by atoms with Crippen molar-refractivity contribution in [2.45, 2.75) is 6.36 Å². The summed E-state index contributed by atoms with van der Waals surface area (Å²) in [7, 11) is 0. The van der Waals surface area contributed by atoms with Crippen molar-refractivity contribution in [2.24, 2.45) is 10.7 Å². The average molecular weight is 519 g/mol. The summed E-state index contributed by atoms with van der Waals surface area (Å²) in [5.74, 6) is -3.58. The highest BCUT2D eigenvalue weighted by atomic mass is 19.4. The van der Waals surface area contributed by atoms with E-state index in [-0.39, 0.29) is 28.5 Å². The molecule has 0 fully saturated rings. The van der Waals surface area contributed by atoms with Crippen molar-refractivity contribution in [3.8, 4) is 17.1 Å². The number of aliphatic imine (C=N–C) groups is 1. The second kappa shape index (κ2) is 10.0. The summed E-state index contributed by atoms with van der Waals surface area (Å²) >= 11 is 0. The maximum absolute atomic E-state index is 14.9. The van der Waals surface area contributed by atoms with E-state index in [2.05, 4.69) is 14.8 Å². The van der Waals surface area contributed by atoms with E-state index in [9.17, 15) is 31.1 Å². The standard InChI is InChI=1S/C24H15F6N5O2/c25-17-11-15(34-12-18(26)19(27)13-34)4-5-21(17)35-9-7-22(36)23(33-35)20(6-8-31)32-14-2-1-3-16(10-14)37-24(28,29)30/h1-13H,31H2. The van der Waals surface area contributed by atoms with Gasteiger partial charge in [-0.2, -0.15) is 5.10 Å². The molecule has 190 valence electrons.